The van der Waals surface area contributed by atoms with Crippen LogP contribution in [0.25, 0.3) is 0 Å². The number of hydrogen-bond acceptors (Lipinski definition) is 2. The summed E-state index contributed by atoms with van der Waals surface area (Å²) >= 11 is 0. The third kappa shape index (κ3) is 4.43. The summed E-state index contributed by atoms with van der Waals surface area (Å²) in [4.78, 5) is 9.74. The molecule has 0 bridgehead atoms. The maximum absolute atomic E-state index is 5.73. The van der Waals surface area contributed by atoms with Crippen molar-refractivity contribution >= 4 is 29.9 Å². The van der Waals surface area contributed by atoms with Gasteiger partial charge in [-0.15, -0.1) is 24.0 Å². The molecule has 2 N–H and O–H groups in total. The molecule has 130 valence electrons. The van der Waals surface area contributed by atoms with Crippen molar-refractivity contribution in [1.82, 2.24) is 15.2 Å². The Morgan fingerprint density at radius 3 is 2.92 bits per heavy atom. The molecule has 0 amide bonds. The van der Waals surface area contributed by atoms with Crippen LogP contribution in [0.3, 0.4) is 0 Å². The second-order valence-electron chi connectivity index (χ2n) is 5.85. The van der Waals surface area contributed by atoms with E-state index >= 15 is 0 Å². The number of ether oxygens (including phenoxy) is 1. The van der Waals surface area contributed by atoms with Gasteiger partial charge in [0.25, 0.3) is 0 Å². The van der Waals surface area contributed by atoms with Crippen molar-refractivity contribution < 1.29 is 4.74 Å². The lowest BCUT2D eigenvalue weighted by Crippen LogP contribution is -2.41. The Labute approximate surface area is 160 Å². The van der Waals surface area contributed by atoms with Crippen LogP contribution in [0.5, 0.6) is 5.75 Å². The predicted molar refractivity (Wildman–Crippen MR) is 108 cm³/mol. The lowest BCUT2D eigenvalue weighted by molar-refractivity contribution is 0.266. The zero-order chi connectivity index (χ0) is 16.1. The molecule has 0 saturated heterocycles. The van der Waals surface area contributed by atoms with Crippen LogP contribution in [-0.4, -0.2) is 43.1 Å². The summed E-state index contributed by atoms with van der Waals surface area (Å²) in [5.74, 6) is 2.37. The minimum atomic E-state index is 0. The summed E-state index contributed by atoms with van der Waals surface area (Å²) in [6.45, 7) is 2.44. The first-order valence-corrected chi connectivity index (χ1v) is 8.03. The van der Waals surface area contributed by atoms with Gasteiger partial charge in [0.1, 0.15) is 5.75 Å². The minimum Gasteiger partial charge on any atom is -0.493 e. The average molecular weight is 440 g/mol. The molecule has 0 aliphatic carbocycles. The van der Waals surface area contributed by atoms with Crippen LogP contribution >= 0.6 is 24.0 Å². The van der Waals surface area contributed by atoms with Crippen LogP contribution in [0, 0.1) is 0 Å². The Kier molecular flexibility index (Phi) is 6.96. The Balaban J connectivity index is 0.00000208. The number of nitrogens with one attached hydrogen (secondary N) is 2. The molecule has 1 aromatic carbocycles. The van der Waals surface area contributed by atoms with E-state index in [9.17, 15) is 0 Å². The van der Waals surface area contributed by atoms with Crippen LogP contribution in [0.15, 0.2) is 47.6 Å². The van der Waals surface area contributed by atoms with Gasteiger partial charge in [0.15, 0.2) is 5.96 Å². The topological polar surface area (TPSA) is 52.7 Å². The SMILES string of the molecule is CN=C(NCC1CCOc2ccccc21)N(C)Cc1ccc[nH]1.I. The monoisotopic (exact) mass is 440 g/mol. The molecule has 24 heavy (non-hydrogen) atoms. The van der Waals surface area contributed by atoms with Gasteiger partial charge in [-0.3, -0.25) is 4.99 Å². The van der Waals surface area contributed by atoms with Gasteiger partial charge in [-0.2, -0.15) is 0 Å². The van der Waals surface area contributed by atoms with Crippen molar-refractivity contribution in [3.05, 3.63) is 53.9 Å². The van der Waals surface area contributed by atoms with Gasteiger partial charge in [-0.05, 0) is 30.2 Å². The van der Waals surface area contributed by atoms with Crippen molar-refractivity contribution in [3.63, 3.8) is 0 Å². The summed E-state index contributed by atoms with van der Waals surface area (Å²) in [5.41, 5.74) is 2.46. The van der Waals surface area contributed by atoms with E-state index in [1.807, 2.05) is 38.5 Å². The van der Waals surface area contributed by atoms with E-state index in [0.717, 1.165) is 37.8 Å². The van der Waals surface area contributed by atoms with Gasteiger partial charge in [0.2, 0.25) is 0 Å². The maximum Gasteiger partial charge on any atom is 0.193 e. The molecule has 5 nitrogen and oxygen atoms in total. The number of fused-ring (bicyclic) bond motifs is 1. The zero-order valence-electron chi connectivity index (χ0n) is 14.2. The van der Waals surface area contributed by atoms with Crippen LogP contribution < -0.4 is 10.1 Å². The van der Waals surface area contributed by atoms with Gasteiger partial charge in [-0.1, -0.05) is 18.2 Å². The number of aromatic amines is 1. The first kappa shape index (κ1) is 18.6. The Hall–Kier alpha value is -1.70. The number of rotatable bonds is 4. The van der Waals surface area contributed by atoms with Gasteiger partial charge < -0.3 is 19.9 Å². The molecule has 0 fully saturated rings. The van der Waals surface area contributed by atoms with E-state index in [1.165, 1.54) is 11.3 Å². The van der Waals surface area contributed by atoms with Crippen molar-refractivity contribution in [2.24, 2.45) is 4.99 Å². The molecule has 2 heterocycles. The molecule has 1 aromatic heterocycles. The number of nitrogens with zero attached hydrogens (tertiary/aromatic N) is 2. The number of hydrogen-bond donors (Lipinski definition) is 2. The first-order valence-electron chi connectivity index (χ1n) is 8.03. The molecule has 0 radical (unpaired) electrons. The molecular formula is C18H25IN4O. The predicted octanol–water partition coefficient (Wildman–Crippen LogP) is 3.21. The zero-order valence-corrected chi connectivity index (χ0v) is 16.5. The van der Waals surface area contributed by atoms with Gasteiger partial charge >= 0.3 is 0 Å². The molecule has 0 saturated carbocycles. The van der Waals surface area contributed by atoms with Gasteiger partial charge in [0.05, 0.1) is 13.2 Å². The van der Waals surface area contributed by atoms with Gasteiger partial charge in [-0.25, -0.2) is 0 Å². The van der Waals surface area contributed by atoms with Crippen molar-refractivity contribution in [2.75, 3.05) is 27.2 Å². The number of benzene rings is 1. The van der Waals surface area contributed by atoms with Gasteiger partial charge in [0, 0.05) is 38.4 Å². The van der Waals surface area contributed by atoms with E-state index in [2.05, 4.69) is 38.4 Å². The maximum atomic E-state index is 5.73. The first-order chi connectivity index (χ1) is 11.3. The molecule has 1 aliphatic heterocycles. The van der Waals surface area contributed by atoms with E-state index in [0.29, 0.717) is 5.92 Å². The summed E-state index contributed by atoms with van der Waals surface area (Å²) in [7, 11) is 3.87. The standard InChI is InChI=1S/C18H24N4O.HI/c1-19-18(22(2)13-15-6-5-10-20-15)21-12-14-9-11-23-17-8-4-3-7-16(14)17;/h3-8,10,14,20H,9,11-13H2,1-2H3,(H,19,21);1H. The quantitative estimate of drug-likeness (QED) is 0.436. The van der Waals surface area contributed by atoms with Crippen LogP contribution in [-0.2, 0) is 6.54 Å². The Morgan fingerprint density at radius 2 is 2.17 bits per heavy atom. The largest absolute Gasteiger partial charge is 0.493 e. The van der Waals surface area contributed by atoms with Crippen LogP contribution in [0.1, 0.15) is 23.6 Å². The average Bonchev–Trinajstić information content (AvgIpc) is 3.08. The van der Waals surface area contributed by atoms with Crippen molar-refractivity contribution in [1.29, 1.82) is 0 Å². The highest BCUT2D eigenvalue weighted by Gasteiger charge is 2.21. The fourth-order valence-electron chi connectivity index (χ4n) is 3.02. The fraction of sp³-hybridized carbons (Fsp3) is 0.389. The summed E-state index contributed by atoms with van der Waals surface area (Å²) < 4.78 is 5.73. The summed E-state index contributed by atoms with van der Waals surface area (Å²) in [6.07, 6.45) is 2.97. The van der Waals surface area contributed by atoms with Crippen molar-refractivity contribution in [2.45, 2.75) is 18.9 Å². The smallest absolute Gasteiger partial charge is 0.193 e. The number of para-hydroxylation sites is 1. The summed E-state index contributed by atoms with van der Waals surface area (Å²) in [5, 5.41) is 3.50. The second-order valence-corrected chi connectivity index (χ2v) is 5.85. The number of aromatic nitrogens is 1. The number of halogens is 1. The molecule has 1 unspecified atom stereocenters. The highest BCUT2D eigenvalue weighted by Crippen LogP contribution is 2.32. The number of guanidine groups is 1. The van der Waals surface area contributed by atoms with E-state index in [1.54, 1.807) is 0 Å². The van der Waals surface area contributed by atoms with Crippen LogP contribution in [0.2, 0.25) is 0 Å². The van der Waals surface area contributed by atoms with Crippen molar-refractivity contribution in [3.8, 4) is 5.75 Å². The molecule has 6 heteroatoms. The molecular weight excluding hydrogens is 415 g/mol. The van der Waals surface area contributed by atoms with E-state index in [4.69, 9.17) is 4.74 Å². The summed E-state index contributed by atoms with van der Waals surface area (Å²) in [6, 6.07) is 12.4. The number of aliphatic imine (C=N–C) groups is 1. The molecule has 1 atom stereocenters. The third-order valence-corrected chi connectivity index (χ3v) is 4.23. The van der Waals surface area contributed by atoms with E-state index in [-0.39, 0.29) is 24.0 Å². The lowest BCUT2D eigenvalue weighted by Gasteiger charge is -2.28. The molecule has 3 rings (SSSR count). The molecule has 0 spiro atoms. The normalized spacial score (nSPS) is 16.6. The molecule has 2 aromatic rings. The van der Waals surface area contributed by atoms with E-state index < -0.39 is 0 Å². The molecule has 1 aliphatic rings. The highest BCUT2D eigenvalue weighted by molar-refractivity contribution is 14.0. The lowest BCUT2D eigenvalue weighted by atomic mass is 9.93. The Bertz CT molecular complexity index is 657. The second kappa shape index (κ2) is 8.96. The Morgan fingerprint density at radius 1 is 1.33 bits per heavy atom. The fourth-order valence-corrected chi connectivity index (χ4v) is 3.02. The minimum absolute atomic E-state index is 0. The third-order valence-electron chi connectivity index (χ3n) is 4.23. The highest BCUT2D eigenvalue weighted by atomic mass is 127. The van der Waals surface area contributed by atoms with Crippen LogP contribution in [0.4, 0.5) is 0 Å². The number of H-pyrrole nitrogens is 1.